The maximum atomic E-state index is 13.0. The van der Waals surface area contributed by atoms with E-state index < -0.39 is 11.7 Å². The molecule has 0 aromatic carbocycles. The Bertz CT molecular complexity index is 821. The van der Waals surface area contributed by atoms with Crippen molar-refractivity contribution in [1.82, 2.24) is 14.5 Å². The fourth-order valence-corrected chi connectivity index (χ4v) is 3.96. The summed E-state index contributed by atoms with van der Waals surface area (Å²) in [5.74, 6) is 1.82. The van der Waals surface area contributed by atoms with Crippen LogP contribution in [0.2, 0.25) is 0 Å². The molecule has 3 rings (SSSR count). The maximum absolute atomic E-state index is 13.0. The van der Waals surface area contributed by atoms with Crippen molar-refractivity contribution in [3.8, 4) is 0 Å². The van der Waals surface area contributed by atoms with Gasteiger partial charge in [0.25, 0.3) is 0 Å². The van der Waals surface area contributed by atoms with Gasteiger partial charge in [0.2, 0.25) is 0 Å². The van der Waals surface area contributed by atoms with Gasteiger partial charge in [-0.05, 0) is 29.6 Å². The minimum atomic E-state index is -4.41. The maximum Gasteiger partial charge on any atom is 0.417 e. The molecule has 3 nitrogen and oxygen atoms in total. The van der Waals surface area contributed by atoms with Gasteiger partial charge in [-0.15, -0.1) is 11.8 Å². The van der Waals surface area contributed by atoms with Gasteiger partial charge in [-0.2, -0.15) is 13.2 Å². The van der Waals surface area contributed by atoms with Crippen LogP contribution in [0.4, 0.5) is 13.2 Å². The highest BCUT2D eigenvalue weighted by atomic mass is 32.2. The van der Waals surface area contributed by atoms with Gasteiger partial charge in [0.15, 0.2) is 5.65 Å². The number of halogens is 3. The van der Waals surface area contributed by atoms with Gasteiger partial charge in [-0.25, -0.2) is 9.97 Å². The summed E-state index contributed by atoms with van der Waals surface area (Å²) >= 11 is 1.76. The van der Waals surface area contributed by atoms with Crippen LogP contribution in [0.15, 0.2) is 35.4 Å². The summed E-state index contributed by atoms with van der Waals surface area (Å²) in [6.07, 6.45) is 4.34. The van der Waals surface area contributed by atoms with E-state index in [1.54, 1.807) is 11.8 Å². The Labute approximate surface area is 149 Å². The van der Waals surface area contributed by atoms with Crippen LogP contribution < -0.4 is 0 Å². The summed E-state index contributed by atoms with van der Waals surface area (Å²) in [6.45, 7) is 4.82. The summed E-state index contributed by atoms with van der Waals surface area (Å²) in [5, 5.41) is 0. The van der Waals surface area contributed by atoms with E-state index in [-0.39, 0.29) is 5.92 Å². The molecule has 7 heteroatoms. The Kier molecular flexibility index (Phi) is 5.22. The molecular weight excluding hydrogens is 347 g/mol. The highest BCUT2D eigenvalue weighted by Gasteiger charge is 2.32. The number of pyridine rings is 1. The molecule has 0 saturated heterocycles. The number of hydrogen-bond donors (Lipinski definition) is 0. The topological polar surface area (TPSA) is 30.7 Å². The zero-order chi connectivity index (χ0) is 18.0. The van der Waals surface area contributed by atoms with E-state index in [9.17, 15) is 13.2 Å². The third-order valence-corrected chi connectivity index (χ3v) is 5.17. The summed E-state index contributed by atoms with van der Waals surface area (Å²) in [7, 11) is 0. The van der Waals surface area contributed by atoms with Gasteiger partial charge in [-0.1, -0.05) is 32.1 Å². The predicted octanol–water partition coefficient (Wildman–Crippen LogP) is 5.54. The predicted molar refractivity (Wildman–Crippen MR) is 95.5 cm³/mol. The lowest BCUT2D eigenvalue weighted by atomic mass is 9.99. The number of imidazole rings is 1. The lowest BCUT2D eigenvalue weighted by Gasteiger charge is -2.21. The van der Waals surface area contributed by atoms with Crippen molar-refractivity contribution in [3.63, 3.8) is 0 Å². The number of hydrogen-bond acceptors (Lipinski definition) is 3. The van der Waals surface area contributed by atoms with Gasteiger partial charge in [-0.3, -0.25) is 0 Å². The highest BCUT2D eigenvalue weighted by molar-refractivity contribution is 8.03. The third-order valence-electron chi connectivity index (χ3n) is 4.12. The van der Waals surface area contributed by atoms with Crippen LogP contribution in [0.1, 0.15) is 44.0 Å². The minimum Gasteiger partial charge on any atom is -0.312 e. The molecule has 0 spiro atoms. The van der Waals surface area contributed by atoms with E-state index in [1.165, 1.54) is 4.91 Å². The number of aromatic nitrogens is 3. The van der Waals surface area contributed by atoms with Crippen molar-refractivity contribution in [2.75, 3.05) is 5.75 Å². The molecule has 0 amide bonds. The van der Waals surface area contributed by atoms with E-state index in [1.807, 2.05) is 17.6 Å². The number of thioether (sulfide) groups is 1. The van der Waals surface area contributed by atoms with Gasteiger partial charge in [0.1, 0.15) is 11.3 Å². The van der Waals surface area contributed by atoms with Crippen LogP contribution in [0.3, 0.4) is 0 Å². The molecule has 1 aliphatic rings. The Morgan fingerprint density at radius 2 is 2.12 bits per heavy atom. The number of rotatable bonds is 5. The molecule has 0 N–H and O–H groups in total. The first kappa shape index (κ1) is 18.0. The van der Waals surface area contributed by atoms with Crippen LogP contribution in [-0.2, 0) is 12.7 Å². The zero-order valence-electron chi connectivity index (χ0n) is 14.2. The van der Waals surface area contributed by atoms with Gasteiger partial charge >= 0.3 is 6.18 Å². The molecule has 0 fully saturated rings. The second kappa shape index (κ2) is 7.23. The Balaban J connectivity index is 2.12. The van der Waals surface area contributed by atoms with Crippen LogP contribution in [-0.4, -0.2) is 20.3 Å². The molecule has 1 unspecified atom stereocenters. The molecule has 134 valence electrons. The quantitative estimate of drug-likeness (QED) is 0.695. The normalized spacial score (nSPS) is 18.0. The molecule has 2 aromatic heterocycles. The van der Waals surface area contributed by atoms with Crippen molar-refractivity contribution in [2.45, 2.75) is 45.3 Å². The lowest BCUT2D eigenvalue weighted by molar-refractivity contribution is -0.137. The van der Waals surface area contributed by atoms with Crippen LogP contribution in [0, 0.1) is 0 Å². The molecule has 1 aliphatic carbocycles. The van der Waals surface area contributed by atoms with E-state index >= 15 is 0 Å². The van der Waals surface area contributed by atoms with Crippen molar-refractivity contribution in [3.05, 3.63) is 46.8 Å². The van der Waals surface area contributed by atoms with Crippen molar-refractivity contribution in [1.29, 1.82) is 0 Å². The third kappa shape index (κ3) is 3.61. The average Bonchev–Trinajstić information content (AvgIpc) is 2.93. The van der Waals surface area contributed by atoms with E-state index in [2.05, 4.69) is 29.0 Å². The number of nitrogens with zero attached hydrogens (tertiary/aromatic N) is 3. The molecule has 0 saturated carbocycles. The molecule has 1 atom stereocenters. The van der Waals surface area contributed by atoms with Gasteiger partial charge < -0.3 is 4.57 Å². The molecule has 2 heterocycles. The standard InChI is InChI=1S/C18H20F3N3S/c1-3-9-24-16(13-7-5-6-8-15(13)25-4-2)23-14-10-12(18(19,20)21)11-22-17(14)24/h5-6,8,10-11,13H,3-4,7,9H2,1-2H3. The fourth-order valence-electron chi connectivity index (χ4n) is 3.05. The number of fused-ring (bicyclic) bond motifs is 1. The Morgan fingerprint density at radius 3 is 2.80 bits per heavy atom. The fraction of sp³-hybridized carbons (Fsp3) is 0.444. The van der Waals surface area contributed by atoms with Crippen molar-refractivity contribution >= 4 is 22.9 Å². The van der Waals surface area contributed by atoms with Crippen molar-refractivity contribution in [2.24, 2.45) is 0 Å². The monoisotopic (exact) mass is 367 g/mol. The summed E-state index contributed by atoms with van der Waals surface area (Å²) in [6, 6.07) is 1.10. The van der Waals surface area contributed by atoms with E-state index in [0.717, 1.165) is 36.7 Å². The van der Waals surface area contributed by atoms with Crippen LogP contribution in [0.5, 0.6) is 0 Å². The van der Waals surface area contributed by atoms with E-state index in [0.29, 0.717) is 17.7 Å². The lowest BCUT2D eigenvalue weighted by Crippen LogP contribution is -2.12. The zero-order valence-corrected chi connectivity index (χ0v) is 15.0. The van der Waals surface area contributed by atoms with Gasteiger partial charge in [0.05, 0.1) is 11.5 Å². The number of aryl methyl sites for hydroxylation is 1. The molecule has 0 bridgehead atoms. The first-order valence-corrected chi connectivity index (χ1v) is 9.37. The average molecular weight is 367 g/mol. The summed E-state index contributed by atoms with van der Waals surface area (Å²) in [5.41, 5.74) is 0.0869. The first-order valence-electron chi connectivity index (χ1n) is 8.38. The molecule has 0 aliphatic heterocycles. The minimum absolute atomic E-state index is 0.0741. The van der Waals surface area contributed by atoms with E-state index in [4.69, 9.17) is 0 Å². The summed E-state index contributed by atoms with van der Waals surface area (Å²) in [4.78, 5) is 9.87. The molecule has 0 radical (unpaired) electrons. The SMILES string of the molecule is CCCn1c(C2CC=CC=C2SCC)nc2cc(C(F)(F)F)cnc21. The Hall–Kier alpha value is -1.76. The largest absolute Gasteiger partial charge is 0.417 e. The van der Waals surface area contributed by atoms with Crippen LogP contribution in [0.25, 0.3) is 11.2 Å². The summed E-state index contributed by atoms with van der Waals surface area (Å²) < 4.78 is 41.0. The number of allylic oxidation sites excluding steroid dienone is 4. The van der Waals surface area contributed by atoms with Gasteiger partial charge in [0, 0.05) is 12.7 Å². The number of alkyl halides is 3. The molecular formula is C18H20F3N3S. The second-order valence-electron chi connectivity index (χ2n) is 5.90. The Morgan fingerprint density at radius 1 is 1.32 bits per heavy atom. The molecule has 25 heavy (non-hydrogen) atoms. The van der Waals surface area contributed by atoms with Crippen molar-refractivity contribution < 1.29 is 13.2 Å². The second-order valence-corrected chi connectivity index (χ2v) is 7.24. The first-order chi connectivity index (χ1) is 12.0. The molecule has 2 aromatic rings. The smallest absolute Gasteiger partial charge is 0.312 e. The highest BCUT2D eigenvalue weighted by Crippen LogP contribution is 2.39. The van der Waals surface area contributed by atoms with Crippen LogP contribution >= 0.6 is 11.8 Å².